The molecule has 0 aliphatic heterocycles. The predicted octanol–water partition coefficient (Wildman–Crippen LogP) is 3.59. The normalized spacial score (nSPS) is 12.0. The fourth-order valence-corrected chi connectivity index (χ4v) is 2.38. The van der Waals surface area contributed by atoms with E-state index < -0.39 is 0 Å². The van der Waals surface area contributed by atoms with Crippen LogP contribution >= 0.6 is 11.6 Å². The maximum atomic E-state index is 12.2. The van der Waals surface area contributed by atoms with Gasteiger partial charge in [0.25, 0.3) is 5.91 Å². The molecule has 0 aromatic heterocycles. The number of amides is 1. The van der Waals surface area contributed by atoms with E-state index in [0.717, 1.165) is 16.1 Å². The summed E-state index contributed by atoms with van der Waals surface area (Å²) in [5.41, 5.74) is 9.00. The fraction of sp³-hybridized carbons (Fsp3) is 0.235. The number of rotatable bonds is 4. The number of halogens is 1. The average Bonchev–Trinajstić information content (AvgIpc) is 2.44. The van der Waals surface area contributed by atoms with Gasteiger partial charge in [-0.1, -0.05) is 29.8 Å². The number of anilines is 1. The van der Waals surface area contributed by atoms with Crippen molar-refractivity contribution in [1.29, 1.82) is 0 Å². The lowest BCUT2D eigenvalue weighted by Gasteiger charge is -2.15. The molecule has 1 unspecified atom stereocenters. The molecule has 1 atom stereocenters. The minimum Gasteiger partial charge on any atom is -0.399 e. The number of hydrogen-bond acceptors (Lipinski definition) is 2. The quantitative estimate of drug-likeness (QED) is 0.848. The van der Waals surface area contributed by atoms with Gasteiger partial charge in [-0.2, -0.15) is 0 Å². The zero-order chi connectivity index (χ0) is 15.4. The number of nitrogen functional groups attached to an aromatic ring is 1. The number of hydrogen-bond donors (Lipinski definition) is 2. The first-order chi connectivity index (χ1) is 9.97. The van der Waals surface area contributed by atoms with E-state index >= 15 is 0 Å². The zero-order valence-electron chi connectivity index (χ0n) is 12.2. The van der Waals surface area contributed by atoms with Gasteiger partial charge in [-0.25, -0.2) is 0 Å². The van der Waals surface area contributed by atoms with E-state index in [0.29, 0.717) is 17.7 Å². The van der Waals surface area contributed by atoms with Crippen LogP contribution in [-0.2, 0) is 6.42 Å². The van der Waals surface area contributed by atoms with Crippen LogP contribution in [0.15, 0.2) is 42.5 Å². The molecule has 110 valence electrons. The average molecular weight is 303 g/mol. The van der Waals surface area contributed by atoms with Crippen molar-refractivity contribution in [3.8, 4) is 0 Å². The van der Waals surface area contributed by atoms with Crippen molar-refractivity contribution < 1.29 is 4.79 Å². The van der Waals surface area contributed by atoms with Crippen molar-refractivity contribution >= 4 is 23.2 Å². The van der Waals surface area contributed by atoms with E-state index in [1.54, 1.807) is 18.2 Å². The molecule has 3 N–H and O–H groups in total. The highest BCUT2D eigenvalue weighted by Gasteiger charge is 2.12. The first-order valence-electron chi connectivity index (χ1n) is 6.87. The van der Waals surface area contributed by atoms with E-state index in [-0.39, 0.29) is 11.9 Å². The van der Waals surface area contributed by atoms with Crippen molar-refractivity contribution in [1.82, 2.24) is 5.32 Å². The van der Waals surface area contributed by atoms with Crippen molar-refractivity contribution in [2.75, 3.05) is 5.73 Å². The highest BCUT2D eigenvalue weighted by Crippen LogP contribution is 2.17. The Kier molecular flexibility index (Phi) is 4.86. The fourth-order valence-electron chi connectivity index (χ4n) is 2.17. The summed E-state index contributed by atoms with van der Waals surface area (Å²) in [6.45, 7) is 3.85. The Morgan fingerprint density at radius 3 is 2.67 bits per heavy atom. The summed E-state index contributed by atoms with van der Waals surface area (Å²) in [4.78, 5) is 12.2. The summed E-state index contributed by atoms with van der Waals surface area (Å²) in [6.07, 6.45) is 0.694. The van der Waals surface area contributed by atoms with Crippen LogP contribution in [0.25, 0.3) is 0 Å². The molecule has 0 heterocycles. The second kappa shape index (κ2) is 6.64. The molecule has 21 heavy (non-hydrogen) atoms. The summed E-state index contributed by atoms with van der Waals surface area (Å²) < 4.78 is 0. The summed E-state index contributed by atoms with van der Waals surface area (Å²) >= 11 is 6.13. The smallest absolute Gasteiger partial charge is 0.251 e. The summed E-state index contributed by atoms with van der Waals surface area (Å²) in [5, 5.41) is 3.70. The molecule has 0 bridgehead atoms. The van der Waals surface area contributed by atoms with Crippen LogP contribution in [-0.4, -0.2) is 11.9 Å². The van der Waals surface area contributed by atoms with Crippen LogP contribution in [0.1, 0.15) is 28.4 Å². The lowest BCUT2D eigenvalue weighted by atomic mass is 10.1. The standard InChI is InChI=1S/C17H19ClN2O/c1-11-9-14(7-8-16(11)19)17(21)20-12(2)10-13-5-3-4-6-15(13)18/h3-9,12H,10,19H2,1-2H3,(H,20,21). The second-order valence-electron chi connectivity index (χ2n) is 5.24. The van der Waals surface area contributed by atoms with Gasteiger partial charge in [0.05, 0.1) is 0 Å². The van der Waals surface area contributed by atoms with Gasteiger partial charge in [-0.3, -0.25) is 4.79 Å². The lowest BCUT2D eigenvalue weighted by molar-refractivity contribution is 0.0940. The molecule has 0 aliphatic carbocycles. The molecule has 0 saturated carbocycles. The van der Waals surface area contributed by atoms with Crippen LogP contribution in [0.2, 0.25) is 5.02 Å². The van der Waals surface area contributed by atoms with Crippen LogP contribution in [0.5, 0.6) is 0 Å². The number of aryl methyl sites for hydroxylation is 1. The Morgan fingerprint density at radius 2 is 2.00 bits per heavy atom. The van der Waals surface area contributed by atoms with E-state index in [4.69, 9.17) is 17.3 Å². The molecule has 2 aromatic carbocycles. The molecular formula is C17H19ClN2O. The first-order valence-corrected chi connectivity index (χ1v) is 7.25. The number of carbonyl (C=O) groups is 1. The van der Waals surface area contributed by atoms with E-state index in [2.05, 4.69) is 5.32 Å². The Hall–Kier alpha value is -2.00. The van der Waals surface area contributed by atoms with Gasteiger partial charge >= 0.3 is 0 Å². The second-order valence-corrected chi connectivity index (χ2v) is 5.65. The zero-order valence-corrected chi connectivity index (χ0v) is 12.9. The van der Waals surface area contributed by atoms with Gasteiger partial charge < -0.3 is 11.1 Å². The lowest BCUT2D eigenvalue weighted by Crippen LogP contribution is -2.34. The van der Waals surface area contributed by atoms with E-state index in [1.807, 2.05) is 38.1 Å². The number of nitrogens with two attached hydrogens (primary N) is 1. The van der Waals surface area contributed by atoms with Gasteiger partial charge in [0.1, 0.15) is 0 Å². The summed E-state index contributed by atoms with van der Waals surface area (Å²) in [5.74, 6) is -0.0994. The SMILES string of the molecule is Cc1cc(C(=O)NC(C)Cc2ccccc2Cl)ccc1N. The third-order valence-corrected chi connectivity index (χ3v) is 3.76. The number of benzene rings is 2. The van der Waals surface area contributed by atoms with Crippen LogP contribution in [0, 0.1) is 6.92 Å². The molecule has 0 radical (unpaired) electrons. The molecule has 0 saturated heterocycles. The monoisotopic (exact) mass is 302 g/mol. The number of carbonyl (C=O) groups excluding carboxylic acids is 1. The first kappa shape index (κ1) is 15.4. The van der Waals surface area contributed by atoms with Crippen molar-refractivity contribution in [3.05, 3.63) is 64.2 Å². The molecule has 0 aliphatic rings. The van der Waals surface area contributed by atoms with Crippen molar-refractivity contribution in [2.24, 2.45) is 0 Å². The van der Waals surface area contributed by atoms with Crippen LogP contribution < -0.4 is 11.1 Å². The van der Waals surface area contributed by atoms with Gasteiger partial charge in [-0.05, 0) is 55.7 Å². The Morgan fingerprint density at radius 1 is 1.29 bits per heavy atom. The molecule has 0 spiro atoms. The highest BCUT2D eigenvalue weighted by atomic mass is 35.5. The van der Waals surface area contributed by atoms with Crippen LogP contribution in [0.4, 0.5) is 5.69 Å². The highest BCUT2D eigenvalue weighted by molar-refractivity contribution is 6.31. The van der Waals surface area contributed by atoms with Gasteiger partial charge in [0.15, 0.2) is 0 Å². The largest absolute Gasteiger partial charge is 0.399 e. The van der Waals surface area contributed by atoms with Gasteiger partial charge in [0.2, 0.25) is 0 Å². The molecule has 3 nitrogen and oxygen atoms in total. The molecule has 1 amide bonds. The Labute approximate surface area is 130 Å². The third-order valence-electron chi connectivity index (χ3n) is 3.39. The minimum absolute atomic E-state index is 0.00439. The maximum Gasteiger partial charge on any atom is 0.251 e. The molecule has 2 rings (SSSR count). The van der Waals surface area contributed by atoms with Crippen molar-refractivity contribution in [2.45, 2.75) is 26.3 Å². The Bertz CT molecular complexity index is 655. The Balaban J connectivity index is 2.02. The molecule has 2 aromatic rings. The predicted molar refractivity (Wildman–Crippen MR) is 87.7 cm³/mol. The topological polar surface area (TPSA) is 55.1 Å². The molecule has 0 fully saturated rings. The van der Waals surface area contributed by atoms with E-state index in [1.165, 1.54) is 0 Å². The van der Waals surface area contributed by atoms with Gasteiger partial charge in [-0.15, -0.1) is 0 Å². The summed E-state index contributed by atoms with van der Waals surface area (Å²) in [6, 6.07) is 12.9. The van der Waals surface area contributed by atoms with E-state index in [9.17, 15) is 4.79 Å². The van der Waals surface area contributed by atoms with Crippen molar-refractivity contribution in [3.63, 3.8) is 0 Å². The maximum absolute atomic E-state index is 12.2. The molecule has 4 heteroatoms. The minimum atomic E-state index is -0.0994. The third kappa shape index (κ3) is 3.99. The van der Waals surface area contributed by atoms with Gasteiger partial charge in [0, 0.05) is 22.3 Å². The summed E-state index contributed by atoms with van der Waals surface area (Å²) in [7, 11) is 0. The van der Waals surface area contributed by atoms with Crippen LogP contribution in [0.3, 0.4) is 0 Å². The number of nitrogens with one attached hydrogen (secondary N) is 1. The molecular weight excluding hydrogens is 284 g/mol.